The van der Waals surface area contributed by atoms with Crippen molar-refractivity contribution in [3.05, 3.63) is 76.6 Å². The summed E-state index contributed by atoms with van der Waals surface area (Å²) < 4.78 is 16.6. The van der Waals surface area contributed by atoms with Crippen molar-refractivity contribution < 1.29 is 19.0 Å². The number of ether oxygens (including phenoxy) is 2. The van der Waals surface area contributed by atoms with Gasteiger partial charge in [0.25, 0.3) is 0 Å². The number of nitrogen functional groups attached to an aromatic ring is 1. The molecule has 1 aliphatic rings. The van der Waals surface area contributed by atoms with Crippen LogP contribution in [0, 0.1) is 22.7 Å². The molecule has 3 heterocycles. The summed E-state index contributed by atoms with van der Waals surface area (Å²) >= 11 is 7.22. The van der Waals surface area contributed by atoms with Crippen LogP contribution >= 0.6 is 23.4 Å². The van der Waals surface area contributed by atoms with E-state index in [1.54, 1.807) is 42.7 Å². The van der Waals surface area contributed by atoms with Crippen LogP contribution in [0.25, 0.3) is 22.6 Å². The monoisotopic (exact) mass is 545 g/mol. The first-order valence-corrected chi connectivity index (χ1v) is 12.8. The van der Waals surface area contributed by atoms with E-state index in [0.29, 0.717) is 50.9 Å². The molecule has 2 aromatic carbocycles. The van der Waals surface area contributed by atoms with Crippen molar-refractivity contribution in [1.29, 1.82) is 10.5 Å². The van der Waals surface area contributed by atoms with E-state index >= 15 is 0 Å². The zero-order valence-corrected chi connectivity index (χ0v) is 21.4. The van der Waals surface area contributed by atoms with Gasteiger partial charge in [0.1, 0.15) is 52.8 Å². The summed E-state index contributed by atoms with van der Waals surface area (Å²) in [7, 11) is 0. The maximum atomic E-state index is 10.1. The van der Waals surface area contributed by atoms with Gasteiger partial charge in [-0.2, -0.15) is 10.5 Å². The van der Waals surface area contributed by atoms with Crippen molar-refractivity contribution in [2.75, 3.05) is 18.9 Å². The molecule has 0 amide bonds. The molecule has 1 fully saturated rings. The van der Waals surface area contributed by atoms with Crippen molar-refractivity contribution in [3.8, 4) is 40.5 Å². The van der Waals surface area contributed by atoms with Crippen molar-refractivity contribution in [1.82, 2.24) is 9.97 Å². The van der Waals surface area contributed by atoms with Gasteiger partial charge < -0.3 is 24.7 Å². The molecule has 0 spiro atoms. The molecule has 4 aromatic rings. The fourth-order valence-electron chi connectivity index (χ4n) is 3.94. The van der Waals surface area contributed by atoms with Crippen LogP contribution in [0.2, 0.25) is 5.02 Å². The second-order valence-electron chi connectivity index (χ2n) is 8.38. The minimum atomic E-state index is -0.698. The number of aliphatic hydroxyl groups is 1. The molecule has 38 heavy (non-hydrogen) atoms. The van der Waals surface area contributed by atoms with Gasteiger partial charge in [0, 0.05) is 21.9 Å². The molecule has 0 saturated carbocycles. The number of rotatable bonds is 7. The largest absolute Gasteiger partial charge is 0.485 e. The van der Waals surface area contributed by atoms with E-state index in [1.165, 1.54) is 11.8 Å². The van der Waals surface area contributed by atoms with Gasteiger partial charge in [-0.1, -0.05) is 35.5 Å². The Balaban J connectivity index is 1.40. The Morgan fingerprint density at radius 2 is 1.74 bits per heavy atom. The van der Waals surface area contributed by atoms with Crippen LogP contribution in [0.3, 0.4) is 0 Å². The molecule has 5 rings (SSSR count). The molecular weight excluding hydrogens is 526 g/mol. The maximum Gasteiger partial charge on any atom is 0.226 e. The minimum Gasteiger partial charge on any atom is -0.485 e. The van der Waals surface area contributed by atoms with Gasteiger partial charge in [-0.05, 0) is 42.0 Å². The normalized spacial score (nSPS) is 16.6. The van der Waals surface area contributed by atoms with E-state index in [4.69, 9.17) is 31.2 Å². The molecule has 0 bridgehead atoms. The Hall–Kier alpha value is -4.06. The van der Waals surface area contributed by atoms with Crippen LogP contribution in [-0.2, 0) is 10.5 Å². The lowest BCUT2D eigenvalue weighted by Crippen LogP contribution is -2.29. The number of aliphatic hydroxyl groups excluding tert-OH is 1. The number of nitrogens with zero attached hydrogens (tertiary/aromatic N) is 4. The number of oxazole rings is 1. The number of nitriles is 2. The average Bonchev–Trinajstić information content (AvgIpc) is 3.57. The third-order valence-corrected chi connectivity index (χ3v) is 7.11. The number of pyridine rings is 1. The standard InChI is InChI=1S/C27H20ClN5O4S/c28-17-5-1-16(2-6-17)26-32-18(11-36-26)14-38-27-21(10-30)24(20(9-29)25(31)33-27)15-3-7-19(8-4-15)37-23-13-35-12-22(23)34/h1-8,11,22-23,34H,12-14H2,(H2,31,33)/t22-,23-/m1/s1. The predicted octanol–water partition coefficient (Wildman–Crippen LogP) is 4.81. The van der Waals surface area contributed by atoms with Crippen molar-refractivity contribution in [3.63, 3.8) is 0 Å². The lowest BCUT2D eigenvalue weighted by atomic mass is 9.97. The van der Waals surface area contributed by atoms with Gasteiger partial charge in [0.05, 0.1) is 24.5 Å². The highest BCUT2D eigenvalue weighted by Gasteiger charge is 2.28. The van der Waals surface area contributed by atoms with Gasteiger partial charge in [-0.15, -0.1) is 0 Å². The number of thioether (sulfide) groups is 1. The topological polar surface area (TPSA) is 151 Å². The third kappa shape index (κ3) is 5.30. The summed E-state index contributed by atoms with van der Waals surface area (Å²) in [4.78, 5) is 8.85. The van der Waals surface area contributed by atoms with Crippen molar-refractivity contribution in [2.24, 2.45) is 0 Å². The smallest absolute Gasteiger partial charge is 0.226 e. The van der Waals surface area contributed by atoms with Crippen LogP contribution in [0.15, 0.2) is 64.2 Å². The van der Waals surface area contributed by atoms with Gasteiger partial charge in [-0.25, -0.2) is 9.97 Å². The fraction of sp³-hybridized carbons (Fsp3) is 0.185. The molecule has 1 saturated heterocycles. The summed E-state index contributed by atoms with van der Waals surface area (Å²) in [6, 6.07) is 18.3. The molecule has 0 radical (unpaired) electrons. The highest BCUT2D eigenvalue weighted by molar-refractivity contribution is 7.98. The molecule has 0 aliphatic carbocycles. The number of anilines is 1. The van der Waals surface area contributed by atoms with Crippen molar-refractivity contribution >= 4 is 29.2 Å². The highest BCUT2D eigenvalue weighted by atomic mass is 35.5. The number of hydrogen-bond donors (Lipinski definition) is 2. The number of aromatic nitrogens is 2. The molecule has 2 aromatic heterocycles. The molecule has 9 nitrogen and oxygen atoms in total. The maximum absolute atomic E-state index is 10.1. The Labute approximate surface area is 227 Å². The Morgan fingerprint density at radius 1 is 1.03 bits per heavy atom. The second kappa shape index (κ2) is 11.1. The van der Waals surface area contributed by atoms with Crippen LogP contribution in [0.5, 0.6) is 5.75 Å². The molecule has 1 aliphatic heterocycles. The SMILES string of the molecule is N#Cc1c(N)nc(SCc2coc(-c3ccc(Cl)cc3)n2)c(C#N)c1-c1ccc(O[C@@H]2COC[C@H]2O)cc1. The van der Waals surface area contributed by atoms with Crippen LogP contribution in [0.1, 0.15) is 16.8 Å². The fourth-order valence-corrected chi connectivity index (χ4v) is 4.94. The Kier molecular flexibility index (Phi) is 7.50. The van der Waals surface area contributed by atoms with E-state index < -0.39 is 12.2 Å². The van der Waals surface area contributed by atoms with E-state index in [1.807, 2.05) is 12.1 Å². The first-order valence-electron chi connectivity index (χ1n) is 11.5. The Bertz CT molecular complexity index is 1540. The van der Waals surface area contributed by atoms with Gasteiger partial charge >= 0.3 is 0 Å². The molecular formula is C27H20ClN5O4S. The summed E-state index contributed by atoms with van der Waals surface area (Å²) in [6.07, 6.45) is 0.389. The average molecular weight is 546 g/mol. The predicted molar refractivity (Wildman–Crippen MR) is 141 cm³/mol. The van der Waals surface area contributed by atoms with Crippen molar-refractivity contribution in [2.45, 2.75) is 23.0 Å². The van der Waals surface area contributed by atoms with E-state index in [0.717, 1.165) is 5.56 Å². The first kappa shape index (κ1) is 25.6. The quantitative estimate of drug-likeness (QED) is 0.309. The molecule has 3 N–H and O–H groups in total. The van der Waals surface area contributed by atoms with E-state index in [-0.39, 0.29) is 23.6 Å². The lowest BCUT2D eigenvalue weighted by Gasteiger charge is -2.16. The number of nitrogens with two attached hydrogens (primary N) is 1. The number of benzene rings is 2. The summed E-state index contributed by atoms with van der Waals surface area (Å²) in [6.45, 7) is 0.529. The molecule has 11 heteroatoms. The lowest BCUT2D eigenvalue weighted by molar-refractivity contribution is 0.0733. The van der Waals surface area contributed by atoms with Gasteiger partial charge in [-0.3, -0.25) is 0 Å². The van der Waals surface area contributed by atoms with E-state index in [9.17, 15) is 15.6 Å². The summed E-state index contributed by atoms with van der Waals surface area (Å²) in [5, 5.41) is 30.8. The molecule has 190 valence electrons. The molecule has 2 atom stereocenters. The first-order chi connectivity index (χ1) is 18.5. The van der Waals surface area contributed by atoms with Crippen LogP contribution < -0.4 is 10.5 Å². The second-order valence-corrected chi connectivity index (χ2v) is 9.78. The number of hydrogen-bond acceptors (Lipinski definition) is 10. The molecule has 0 unspecified atom stereocenters. The van der Waals surface area contributed by atoms with E-state index in [2.05, 4.69) is 22.1 Å². The number of halogens is 1. The third-order valence-electron chi connectivity index (χ3n) is 5.85. The highest BCUT2D eigenvalue weighted by Crippen LogP contribution is 2.37. The van der Waals surface area contributed by atoms with Crippen LogP contribution in [-0.4, -0.2) is 40.5 Å². The van der Waals surface area contributed by atoms with Crippen LogP contribution in [0.4, 0.5) is 5.82 Å². The van der Waals surface area contributed by atoms with Gasteiger partial charge in [0.15, 0.2) is 0 Å². The minimum absolute atomic E-state index is 0.0255. The summed E-state index contributed by atoms with van der Waals surface area (Å²) in [5.74, 6) is 1.36. The zero-order valence-electron chi connectivity index (χ0n) is 19.8. The zero-order chi connectivity index (χ0) is 26.6. The summed E-state index contributed by atoms with van der Waals surface area (Å²) in [5.41, 5.74) is 8.92. The van der Waals surface area contributed by atoms with Gasteiger partial charge in [0.2, 0.25) is 5.89 Å². The Morgan fingerprint density at radius 3 is 2.39 bits per heavy atom.